The van der Waals surface area contributed by atoms with Gasteiger partial charge in [-0.05, 0) is 37.8 Å². The van der Waals surface area contributed by atoms with Crippen molar-refractivity contribution < 1.29 is 9.90 Å². The van der Waals surface area contributed by atoms with Gasteiger partial charge < -0.3 is 10.4 Å². The molecule has 3 nitrogen and oxygen atoms in total. The first kappa shape index (κ1) is 14.7. The Balaban J connectivity index is 2.19. The summed E-state index contributed by atoms with van der Waals surface area (Å²) < 4.78 is 0. The molecular formula is C15H23NO2. The monoisotopic (exact) mass is 249 g/mol. The van der Waals surface area contributed by atoms with Crippen molar-refractivity contribution in [1.82, 2.24) is 5.32 Å². The third-order valence-corrected chi connectivity index (χ3v) is 3.23. The van der Waals surface area contributed by atoms with Crippen molar-refractivity contribution in [2.75, 3.05) is 6.54 Å². The molecule has 1 aromatic carbocycles. The molecule has 3 heteroatoms. The average Bonchev–Trinajstić information content (AvgIpc) is 2.37. The van der Waals surface area contributed by atoms with Crippen molar-refractivity contribution in [1.29, 1.82) is 0 Å². The van der Waals surface area contributed by atoms with E-state index in [1.54, 1.807) is 0 Å². The lowest BCUT2D eigenvalue weighted by Gasteiger charge is -2.16. The van der Waals surface area contributed by atoms with Crippen LogP contribution in [-0.4, -0.2) is 23.7 Å². The fourth-order valence-corrected chi connectivity index (χ4v) is 1.94. The first-order valence-corrected chi connectivity index (χ1v) is 6.59. The maximum absolute atomic E-state index is 10.4. The minimum atomic E-state index is -0.721. The van der Waals surface area contributed by atoms with E-state index in [0.29, 0.717) is 12.3 Å². The molecule has 1 aromatic rings. The lowest BCUT2D eigenvalue weighted by molar-refractivity contribution is -0.137. The van der Waals surface area contributed by atoms with Crippen LogP contribution >= 0.6 is 0 Å². The molecule has 2 unspecified atom stereocenters. The Morgan fingerprint density at radius 2 is 1.89 bits per heavy atom. The molecule has 18 heavy (non-hydrogen) atoms. The number of rotatable bonds is 8. The molecular weight excluding hydrogens is 226 g/mol. The third-order valence-electron chi connectivity index (χ3n) is 3.23. The number of benzene rings is 1. The van der Waals surface area contributed by atoms with E-state index in [-0.39, 0.29) is 12.5 Å². The van der Waals surface area contributed by atoms with Gasteiger partial charge in [-0.1, -0.05) is 37.3 Å². The van der Waals surface area contributed by atoms with Crippen LogP contribution in [0.5, 0.6) is 0 Å². The number of aliphatic carboxylic acids is 1. The highest BCUT2D eigenvalue weighted by molar-refractivity contribution is 5.66. The molecule has 0 saturated heterocycles. The fraction of sp³-hybridized carbons (Fsp3) is 0.533. The van der Waals surface area contributed by atoms with Crippen LogP contribution in [0.3, 0.4) is 0 Å². The molecule has 2 N–H and O–H groups in total. The van der Waals surface area contributed by atoms with Crippen molar-refractivity contribution >= 4 is 5.97 Å². The van der Waals surface area contributed by atoms with Crippen molar-refractivity contribution in [3.63, 3.8) is 0 Å². The molecule has 0 aliphatic heterocycles. The summed E-state index contributed by atoms with van der Waals surface area (Å²) in [5.74, 6) is -0.188. The van der Waals surface area contributed by atoms with E-state index in [1.807, 2.05) is 13.0 Å². The maximum atomic E-state index is 10.4. The summed E-state index contributed by atoms with van der Waals surface area (Å²) in [7, 11) is 0. The van der Waals surface area contributed by atoms with Crippen LogP contribution in [0.15, 0.2) is 30.3 Å². The zero-order valence-corrected chi connectivity index (χ0v) is 11.2. The number of carbonyl (C=O) groups is 1. The van der Waals surface area contributed by atoms with Crippen molar-refractivity contribution in [2.45, 2.75) is 45.1 Å². The second kappa shape index (κ2) is 7.88. The largest absolute Gasteiger partial charge is 0.481 e. The minimum Gasteiger partial charge on any atom is -0.481 e. The van der Waals surface area contributed by atoms with E-state index in [1.165, 1.54) is 5.56 Å². The first-order valence-electron chi connectivity index (χ1n) is 6.59. The van der Waals surface area contributed by atoms with E-state index in [9.17, 15) is 4.79 Å². The lowest BCUT2D eigenvalue weighted by atomic mass is 9.98. The molecule has 0 saturated carbocycles. The van der Waals surface area contributed by atoms with E-state index in [2.05, 4.69) is 36.5 Å². The molecule has 0 radical (unpaired) electrons. The second-order valence-corrected chi connectivity index (χ2v) is 4.89. The summed E-state index contributed by atoms with van der Waals surface area (Å²) in [5.41, 5.74) is 1.36. The summed E-state index contributed by atoms with van der Waals surface area (Å²) in [6.45, 7) is 5.19. The molecule has 0 aliphatic rings. The highest BCUT2D eigenvalue weighted by Crippen LogP contribution is 2.17. The van der Waals surface area contributed by atoms with Crippen LogP contribution in [0.25, 0.3) is 0 Å². The number of carboxylic acids is 1. The van der Waals surface area contributed by atoms with Gasteiger partial charge in [-0.15, -0.1) is 0 Å². The highest BCUT2D eigenvalue weighted by Gasteiger charge is 2.07. The van der Waals surface area contributed by atoms with Crippen LogP contribution in [0, 0.1) is 0 Å². The van der Waals surface area contributed by atoms with E-state index < -0.39 is 5.97 Å². The Morgan fingerprint density at radius 1 is 1.22 bits per heavy atom. The van der Waals surface area contributed by atoms with Crippen LogP contribution in [-0.2, 0) is 4.79 Å². The Labute approximate surface area is 109 Å². The average molecular weight is 249 g/mol. The van der Waals surface area contributed by atoms with Crippen LogP contribution in [0.1, 0.15) is 44.6 Å². The lowest BCUT2D eigenvalue weighted by Crippen LogP contribution is -2.28. The zero-order chi connectivity index (χ0) is 13.4. The summed E-state index contributed by atoms with van der Waals surface area (Å²) in [6, 6.07) is 10.7. The Bertz CT molecular complexity index is 351. The van der Waals surface area contributed by atoms with Gasteiger partial charge in [0.2, 0.25) is 0 Å². The molecule has 0 aliphatic carbocycles. The standard InChI is InChI=1S/C15H23NO2/c1-12(14-6-4-3-5-7-14)10-11-16-13(2)8-9-15(17)18/h3-7,12-13,16H,8-11H2,1-2H3,(H,17,18). The van der Waals surface area contributed by atoms with Gasteiger partial charge in [0.1, 0.15) is 0 Å². The highest BCUT2D eigenvalue weighted by atomic mass is 16.4. The fourth-order valence-electron chi connectivity index (χ4n) is 1.94. The number of hydrogen-bond donors (Lipinski definition) is 2. The van der Waals surface area contributed by atoms with Crippen molar-refractivity contribution in [3.8, 4) is 0 Å². The van der Waals surface area contributed by atoms with Gasteiger partial charge >= 0.3 is 5.97 Å². The Kier molecular flexibility index (Phi) is 6.44. The number of carboxylic acid groups (broad SMARTS) is 1. The molecule has 1 rings (SSSR count). The molecule has 0 bridgehead atoms. The molecule has 0 spiro atoms. The smallest absolute Gasteiger partial charge is 0.303 e. The van der Waals surface area contributed by atoms with Crippen LogP contribution < -0.4 is 5.32 Å². The maximum Gasteiger partial charge on any atom is 0.303 e. The third kappa shape index (κ3) is 5.82. The summed E-state index contributed by atoms with van der Waals surface area (Å²) in [5, 5.41) is 12.0. The van der Waals surface area contributed by atoms with Crippen molar-refractivity contribution in [3.05, 3.63) is 35.9 Å². The zero-order valence-electron chi connectivity index (χ0n) is 11.2. The predicted molar refractivity (Wildman–Crippen MR) is 73.8 cm³/mol. The molecule has 0 aromatic heterocycles. The summed E-state index contributed by atoms with van der Waals surface area (Å²) in [6.07, 6.45) is 2.00. The molecule has 0 heterocycles. The summed E-state index contributed by atoms with van der Waals surface area (Å²) >= 11 is 0. The quantitative estimate of drug-likeness (QED) is 0.744. The Morgan fingerprint density at radius 3 is 2.50 bits per heavy atom. The summed E-state index contributed by atoms with van der Waals surface area (Å²) in [4.78, 5) is 10.4. The van der Waals surface area contributed by atoms with Crippen LogP contribution in [0.4, 0.5) is 0 Å². The molecule has 2 atom stereocenters. The van der Waals surface area contributed by atoms with E-state index in [0.717, 1.165) is 13.0 Å². The molecule has 0 amide bonds. The van der Waals surface area contributed by atoms with Gasteiger partial charge in [0.25, 0.3) is 0 Å². The van der Waals surface area contributed by atoms with E-state index >= 15 is 0 Å². The first-order chi connectivity index (χ1) is 8.59. The van der Waals surface area contributed by atoms with Crippen LogP contribution in [0.2, 0.25) is 0 Å². The van der Waals surface area contributed by atoms with Gasteiger partial charge in [0, 0.05) is 12.5 Å². The van der Waals surface area contributed by atoms with E-state index in [4.69, 9.17) is 5.11 Å². The topological polar surface area (TPSA) is 49.3 Å². The van der Waals surface area contributed by atoms with Gasteiger partial charge in [-0.2, -0.15) is 0 Å². The number of nitrogens with one attached hydrogen (secondary N) is 1. The SMILES string of the molecule is CC(CCC(=O)O)NCCC(C)c1ccccc1. The minimum absolute atomic E-state index is 0.238. The second-order valence-electron chi connectivity index (χ2n) is 4.89. The van der Waals surface area contributed by atoms with Gasteiger partial charge in [-0.25, -0.2) is 0 Å². The predicted octanol–water partition coefficient (Wildman–Crippen LogP) is 3.02. The van der Waals surface area contributed by atoms with Crippen molar-refractivity contribution in [2.24, 2.45) is 0 Å². The molecule has 100 valence electrons. The van der Waals surface area contributed by atoms with Gasteiger partial charge in [0.05, 0.1) is 0 Å². The Hall–Kier alpha value is -1.35. The van der Waals surface area contributed by atoms with Gasteiger partial charge in [0.15, 0.2) is 0 Å². The normalized spacial score (nSPS) is 14.1. The number of hydrogen-bond acceptors (Lipinski definition) is 2. The van der Waals surface area contributed by atoms with Gasteiger partial charge in [-0.3, -0.25) is 4.79 Å². The molecule has 0 fully saturated rings.